The van der Waals surface area contributed by atoms with Crippen LogP contribution in [0.5, 0.6) is 0 Å². The van der Waals surface area contributed by atoms with Crippen LogP contribution in [-0.4, -0.2) is 16.2 Å². The average molecular weight is 294 g/mol. The van der Waals surface area contributed by atoms with Gasteiger partial charge in [0.25, 0.3) is 0 Å². The summed E-state index contributed by atoms with van der Waals surface area (Å²) in [5, 5.41) is 18.1. The lowest BCUT2D eigenvalue weighted by atomic mass is 10.1. The summed E-state index contributed by atoms with van der Waals surface area (Å²) in [5.41, 5.74) is 0. The van der Waals surface area contributed by atoms with Gasteiger partial charge >= 0.3 is 5.97 Å². The maximum Gasteiger partial charge on any atom is 0.303 e. The largest absolute Gasteiger partial charge is 0.513 e. The van der Waals surface area contributed by atoms with Gasteiger partial charge in [-0.3, -0.25) is 4.79 Å². The maximum absolute atomic E-state index is 10.3. The lowest BCUT2D eigenvalue weighted by molar-refractivity contribution is -0.137. The molecule has 0 aliphatic rings. The van der Waals surface area contributed by atoms with Crippen molar-refractivity contribution < 1.29 is 15.0 Å². The SMILES string of the molecule is CCCCC/C=C\C/C=C\C/C=C(/O)CCCCC(=O)O. The minimum Gasteiger partial charge on any atom is -0.513 e. The molecule has 0 fully saturated rings. The fourth-order valence-electron chi connectivity index (χ4n) is 1.89. The molecule has 0 rings (SSSR count). The van der Waals surface area contributed by atoms with Gasteiger partial charge in [0.1, 0.15) is 0 Å². The Morgan fingerprint density at radius 2 is 1.52 bits per heavy atom. The quantitative estimate of drug-likeness (QED) is 0.266. The molecule has 0 heterocycles. The third kappa shape index (κ3) is 16.4. The van der Waals surface area contributed by atoms with Gasteiger partial charge in [0.2, 0.25) is 0 Å². The molecule has 0 aromatic rings. The number of aliphatic hydroxyl groups excluding tert-OH is 1. The summed E-state index contributed by atoms with van der Waals surface area (Å²) in [6, 6.07) is 0. The standard InChI is InChI=1S/C18H30O3/c1-2-3-4-5-6-7-8-9-10-11-14-17(19)15-12-13-16-18(20)21/h6-7,9-10,14,19H,2-5,8,11-13,15-16H2,1H3,(H,20,21)/b7-6-,10-9-,17-14+. The lowest BCUT2D eigenvalue weighted by Gasteiger charge is -1.98. The molecular formula is C18H30O3. The van der Waals surface area contributed by atoms with Crippen molar-refractivity contribution in [1.82, 2.24) is 0 Å². The highest BCUT2D eigenvalue weighted by Crippen LogP contribution is 2.07. The first-order valence-electron chi connectivity index (χ1n) is 8.06. The number of aliphatic hydroxyl groups is 1. The Hall–Kier alpha value is -1.51. The monoisotopic (exact) mass is 294 g/mol. The van der Waals surface area contributed by atoms with Gasteiger partial charge in [-0.2, -0.15) is 0 Å². The zero-order valence-electron chi connectivity index (χ0n) is 13.3. The van der Waals surface area contributed by atoms with Crippen LogP contribution in [0.3, 0.4) is 0 Å². The fourth-order valence-corrected chi connectivity index (χ4v) is 1.89. The van der Waals surface area contributed by atoms with Crippen LogP contribution in [0.4, 0.5) is 0 Å². The van der Waals surface area contributed by atoms with Crippen molar-refractivity contribution in [3.63, 3.8) is 0 Å². The number of hydrogen-bond donors (Lipinski definition) is 2. The number of allylic oxidation sites excluding steroid dienone is 6. The van der Waals surface area contributed by atoms with Crippen LogP contribution in [-0.2, 0) is 4.79 Å². The summed E-state index contributed by atoms with van der Waals surface area (Å²) >= 11 is 0. The van der Waals surface area contributed by atoms with Crippen LogP contribution in [0, 0.1) is 0 Å². The Morgan fingerprint density at radius 3 is 2.24 bits per heavy atom. The topological polar surface area (TPSA) is 57.5 Å². The Morgan fingerprint density at radius 1 is 0.857 bits per heavy atom. The molecule has 0 atom stereocenters. The third-order valence-electron chi connectivity index (χ3n) is 3.14. The summed E-state index contributed by atoms with van der Waals surface area (Å²) in [6.45, 7) is 2.21. The average Bonchev–Trinajstić information content (AvgIpc) is 2.45. The third-order valence-corrected chi connectivity index (χ3v) is 3.14. The molecule has 0 aromatic heterocycles. The van der Waals surface area contributed by atoms with Crippen molar-refractivity contribution >= 4 is 5.97 Å². The highest BCUT2D eigenvalue weighted by Gasteiger charge is 1.97. The normalized spacial score (nSPS) is 12.5. The van der Waals surface area contributed by atoms with E-state index in [0.717, 1.165) is 19.3 Å². The van der Waals surface area contributed by atoms with Gasteiger partial charge in [-0.15, -0.1) is 0 Å². The summed E-state index contributed by atoms with van der Waals surface area (Å²) in [7, 11) is 0. The summed E-state index contributed by atoms with van der Waals surface area (Å²) in [6.07, 6.45) is 19.1. The van der Waals surface area contributed by atoms with E-state index in [1.54, 1.807) is 6.08 Å². The second-order valence-corrected chi connectivity index (χ2v) is 5.21. The minimum absolute atomic E-state index is 0.178. The Labute approximate surface area is 129 Å². The van der Waals surface area contributed by atoms with E-state index in [4.69, 9.17) is 5.11 Å². The van der Waals surface area contributed by atoms with Crippen LogP contribution < -0.4 is 0 Å². The van der Waals surface area contributed by atoms with Crippen LogP contribution in [0.1, 0.15) is 71.1 Å². The van der Waals surface area contributed by atoms with Crippen molar-refractivity contribution in [3.05, 3.63) is 36.1 Å². The van der Waals surface area contributed by atoms with Crippen molar-refractivity contribution in [2.24, 2.45) is 0 Å². The molecule has 3 heteroatoms. The second kappa shape index (κ2) is 14.9. The molecule has 0 saturated heterocycles. The van der Waals surface area contributed by atoms with Crippen molar-refractivity contribution in [2.75, 3.05) is 0 Å². The zero-order valence-corrected chi connectivity index (χ0v) is 13.3. The Bertz CT molecular complexity index is 340. The van der Waals surface area contributed by atoms with Crippen LogP contribution in [0.2, 0.25) is 0 Å². The molecule has 0 saturated carbocycles. The molecule has 3 nitrogen and oxygen atoms in total. The summed E-state index contributed by atoms with van der Waals surface area (Å²) in [4.78, 5) is 10.3. The highest BCUT2D eigenvalue weighted by atomic mass is 16.4. The summed E-state index contributed by atoms with van der Waals surface area (Å²) in [5.74, 6) is -0.413. The van der Waals surface area contributed by atoms with E-state index in [1.807, 2.05) is 6.08 Å². The van der Waals surface area contributed by atoms with E-state index in [9.17, 15) is 9.90 Å². The number of rotatable bonds is 13. The number of carbonyl (C=O) groups is 1. The van der Waals surface area contributed by atoms with Gasteiger partial charge in [0.15, 0.2) is 0 Å². The number of carboxylic acids is 1. The predicted molar refractivity (Wildman–Crippen MR) is 88.5 cm³/mol. The maximum atomic E-state index is 10.3. The van der Waals surface area contributed by atoms with Crippen LogP contribution in [0.15, 0.2) is 36.1 Å². The molecule has 0 radical (unpaired) electrons. The molecule has 21 heavy (non-hydrogen) atoms. The highest BCUT2D eigenvalue weighted by molar-refractivity contribution is 5.66. The van der Waals surface area contributed by atoms with E-state index in [0.29, 0.717) is 18.6 Å². The van der Waals surface area contributed by atoms with Gasteiger partial charge in [0, 0.05) is 12.8 Å². The molecule has 0 unspecified atom stereocenters. The minimum atomic E-state index is -0.774. The molecule has 0 spiro atoms. The van der Waals surface area contributed by atoms with Gasteiger partial charge in [-0.05, 0) is 44.6 Å². The number of aliphatic carboxylic acids is 1. The van der Waals surface area contributed by atoms with E-state index in [1.165, 1.54) is 25.7 Å². The molecule has 2 N–H and O–H groups in total. The van der Waals surface area contributed by atoms with E-state index in [-0.39, 0.29) is 6.42 Å². The van der Waals surface area contributed by atoms with E-state index >= 15 is 0 Å². The Kier molecular flexibility index (Phi) is 13.8. The molecule has 0 amide bonds. The van der Waals surface area contributed by atoms with Gasteiger partial charge < -0.3 is 10.2 Å². The van der Waals surface area contributed by atoms with Crippen LogP contribution in [0.25, 0.3) is 0 Å². The second-order valence-electron chi connectivity index (χ2n) is 5.21. The molecular weight excluding hydrogens is 264 g/mol. The molecule has 0 bridgehead atoms. The predicted octanol–water partition coefficient (Wildman–Crippen LogP) is 5.55. The fraction of sp³-hybridized carbons (Fsp3) is 0.611. The zero-order chi connectivity index (χ0) is 15.8. The molecule has 0 aliphatic heterocycles. The van der Waals surface area contributed by atoms with Crippen LogP contribution >= 0.6 is 0 Å². The first kappa shape index (κ1) is 19.5. The lowest BCUT2D eigenvalue weighted by Crippen LogP contribution is -1.94. The number of carboxylic acid groups (broad SMARTS) is 1. The number of hydrogen-bond acceptors (Lipinski definition) is 2. The number of unbranched alkanes of at least 4 members (excludes halogenated alkanes) is 4. The van der Waals surface area contributed by atoms with E-state index < -0.39 is 5.97 Å². The Balaban J connectivity index is 3.54. The van der Waals surface area contributed by atoms with Crippen molar-refractivity contribution in [3.8, 4) is 0 Å². The van der Waals surface area contributed by atoms with Gasteiger partial charge in [-0.1, -0.05) is 44.1 Å². The smallest absolute Gasteiger partial charge is 0.303 e. The molecule has 0 aliphatic carbocycles. The van der Waals surface area contributed by atoms with Gasteiger partial charge in [0.05, 0.1) is 5.76 Å². The first-order valence-corrected chi connectivity index (χ1v) is 8.06. The van der Waals surface area contributed by atoms with Gasteiger partial charge in [-0.25, -0.2) is 0 Å². The van der Waals surface area contributed by atoms with Crippen molar-refractivity contribution in [1.29, 1.82) is 0 Å². The first-order chi connectivity index (χ1) is 10.2. The van der Waals surface area contributed by atoms with Crippen molar-refractivity contribution in [2.45, 2.75) is 71.1 Å². The van der Waals surface area contributed by atoms with E-state index in [2.05, 4.69) is 25.2 Å². The summed E-state index contributed by atoms with van der Waals surface area (Å²) < 4.78 is 0. The molecule has 0 aromatic carbocycles. The molecule has 120 valence electrons.